The number of unbranched alkanes of at least 4 members (excludes halogenated alkanes) is 1. The van der Waals surface area contributed by atoms with Crippen LogP contribution in [0.3, 0.4) is 0 Å². The molecule has 1 aromatic heterocycles. The van der Waals surface area contributed by atoms with Crippen LogP contribution in [-0.4, -0.2) is 22.1 Å². The first kappa shape index (κ1) is 11.6. The molecule has 0 saturated carbocycles. The number of amides is 1. The molecule has 84 valence electrons. The summed E-state index contributed by atoms with van der Waals surface area (Å²) in [6, 6.07) is -0.415. The maximum Gasteiger partial charge on any atom is 0.328 e. The maximum absolute atomic E-state index is 11.5. The van der Waals surface area contributed by atoms with Gasteiger partial charge in [-0.1, -0.05) is 24.9 Å². The zero-order chi connectivity index (χ0) is 11.3. The monoisotopic (exact) mass is 212 g/mol. The number of carbonyl (C=O) groups excluding carboxylic acids is 1. The highest BCUT2D eigenvalue weighted by molar-refractivity contribution is 5.92. The minimum atomic E-state index is -0.517. The van der Waals surface area contributed by atoms with Gasteiger partial charge in [-0.2, -0.15) is 4.98 Å². The average Bonchev–Trinajstić information content (AvgIpc) is 2.60. The van der Waals surface area contributed by atoms with Gasteiger partial charge in [-0.15, -0.1) is 0 Å². The number of aromatic nitrogens is 2. The largest absolute Gasteiger partial charge is 0.328 e. The van der Waals surface area contributed by atoms with Gasteiger partial charge in [0.05, 0.1) is 6.04 Å². The molecule has 0 saturated heterocycles. The molecule has 1 aromatic rings. The lowest BCUT2D eigenvalue weighted by Gasteiger charge is -2.08. The van der Waals surface area contributed by atoms with Crippen LogP contribution in [0, 0.1) is 6.92 Å². The van der Waals surface area contributed by atoms with E-state index in [4.69, 9.17) is 10.3 Å². The van der Waals surface area contributed by atoms with Gasteiger partial charge in [0, 0.05) is 0 Å². The number of carbonyl (C=O) groups is 1. The third-order valence-corrected chi connectivity index (χ3v) is 1.96. The van der Waals surface area contributed by atoms with E-state index in [1.165, 1.54) is 0 Å². The Hall–Kier alpha value is -1.43. The average molecular weight is 212 g/mol. The van der Waals surface area contributed by atoms with Crippen LogP contribution >= 0.6 is 0 Å². The van der Waals surface area contributed by atoms with Crippen LogP contribution in [0.2, 0.25) is 0 Å². The Bertz CT molecular complexity index is 324. The van der Waals surface area contributed by atoms with E-state index in [1.807, 2.05) is 6.92 Å². The molecule has 15 heavy (non-hydrogen) atoms. The summed E-state index contributed by atoms with van der Waals surface area (Å²) in [6.45, 7) is 3.72. The SMILES string of the molecule is CCCCC(N)C(=O)Nc1nc(C)no1. The molecule has 1 rings (SSSR count). The molecule has 0 bridgehead atoms. The number of nitrogens with one attached hydrogen (secondary N) is 1. The zero-order valence-electron chi connectivity index (χ0n) is 8.99. The van der Waals surface area contributed by atoms with Gasteiger partial charge in [0.2, 0.25) is 5.91 Å². The molecule has 0 radical (unpaired) electrons. The van der Waals surface area contributed by atoms with Gasteiger partial charge in [-0.05, 0) is 13.3 Å². The molecule has 0 fully saturated rings. The van der Waals surface area contributed by atoms with E-state index in [0.29, 0.717) is 12.2 Å². The zero-order valence-corrected chi connectivity index (χ0v) is 8.99. The highest BCUT2D eigenvalue weighted by Gasteiger charge is 2.15. The molecule has 0 aliphatic heterocycles. The predicted molar refractivity (Wildman–Crippen MR) is 55.2 cm³/mol. The quantitative estimate of drug-likeness (QED) is 0.754. The van der Waals surface area contributed by atoms with Gasteiger partial charge in [0.1, 0.15) is 0 Å². The van der Waals surface area contributed by atoms with Crippen molar-refractivity contribution in [1.82, 2.24) is 10.1 Å². The van der Waals surface area contributed by atoms with Gasteiger partial charge >= 0.3 is 6.01 Å². The Balaban J connectivity index is 2.41. The molecule has 0 spiro atoms. The minimum absolute atomic E-state index is 0.101. The third kappa shape index (κ3) is 3.67. The van der Waals surface area contributed by atoms with Crippen LogP contribution in [0.4, 0.5) is 6.01 Å². The summed E-state index contributed by atoms with van der Waals surface area (Å²) < 4.78 is 4.74. The van der Waals surface area contributed by atoms with E-state index in [9.17, 15) is 4.79 Å². The molecule has 6 nitrogen and oxygen atoms in total. The Kier molecular flexibility index (Phi) is 4.23. The number of rotatable bonds is 5. The highest BCUT2D eigenvalue weighted by Crippen LogP contribution is 2.04. The van der Waals surface area contributed by atoms with Crippen molar-refractivity contribution in [2.75, 3.05) is 5.32 Å². The normalized spacial score (nSPS) is 12.5. The standard InChI is InChI=1S/C9H16N4O2/c1-3-4-5-7(10)8(14)12-9-11-6(2)13-15-9/h7H,3-5,10H2,1-2H3,(H,11,12,13,14). The van der Waals surface area contributed by atoms with Crippen molar-refractivity contribution >= 4 is 11.9 Å². The number of nitrogens with zero attached hydrogens (tertiary/aromatic N) is 2. The van der Waals surface area contributed by atoms with Crippen LogP contribution in [0.15, 0.2) is 4.52 Å². The van der Waals surface area contributed by atoms with Crippen molar-refractivity contribution in [3.8, 4) is 0 Å². The fourth-order valence-electron chi connectivity index (χ4n) is 1.10. The lowest BCUT2D eigenvalue weighted by atomic mass is 10.1. The summed E-state index contributed by atoms with van der Waals surface area (Å²) in [6.07, 6.45) is 2.60. The Morgan fingerprint density at radius 2 is 2.40 bits per heavy atom. The molecule has 6 heteroatoms. The van der Waals surface area contributed by atoms with Gasteiger partial charge in [0.25, 0.3) is 0 Å². The van der Waals surface area contributed by atoms with Crippen molar-refractivity contribution in [2.24, 2.45) is 5.73 Å². The molecule has 1 unspecified atom stereocenters. The van der Waals surface area contributed by atoms with Gasteiger partial charge in [-0.3, -0.25) is 10.1 Å². The van der Waals surface area contributed by atoms with Crippen LogP contribution in [0.25, 0.3) is 0 Å². The Morgan fingerprint density at radius 1 is 1.67 bits per heavy atom. The first-order valence-corrected chi connectivity index (χ1v) is 5.00. The summed E-state index contributed by atoms with van der Waals surface area (Å²) in [5.41, 5.74) is 5.66. The molecule has 1 heterocycles. The van der Waals surface area contributed by atoms with Crippen LogP contribution in [0.1, 0.15) is 32.0 Å². The summed E-state index contributed by atoms with van der Waals surface area (Å²) in [4.78, 5) is 15.3. The number of hydrogen-bond acceptors (Lipinski definition) is 5. The molecular formula is C9H16N4O2. The second kappa shape index (κ2) is 5.45. The fourth-order valence-corrected chi connectivity index (χ4v) is 1.10. The first-order valence-electron chi connectivity index (χ1n) is 5.00. The third-order valence-electron chi connectivity index (χ3n) is 1.96. The summed E-state index contributed by atoms with van der Waals surface area (Å²) in [7, 11) is 0. The highest BCUT2D eigenvalue weighted by atomic mass is 16.5. The summed E-state index contributed by atoms with van der Waals surface area (Å²) in [5, 5.41) is 6.02. The van der Waals surface area contributed by atoms with Crippen molar-refractivity contribution in [1.29, 1.82) is 0 Å². The maximum atomic E-state index is 11.5. The van der Waals surface area contributed by atoms with Crippen molar-refractivity contribution in [3.63, 3.8) is 0 Å². The van der Waals surface area contributed by atoms with Gasteiger partial charge < -0.3 is 10.3 Å². The number of hydrogen-bond donors (Lipinski definition) is 2. The van der Waals surface area contributed by atoms with Crippen LogP contribution < -0.4 is 11.1 Å². The van der Waals surface area contributed by atoms with E-state index >= 15 is 0 Å². The van der Waals surface area contributed by atoms with E-state index in [-0.39, 0.29) is 11.9 Å². The van der Waals surface area contributed by atoms with Crippen molar-refractivity contribution in [3.05, 3.63) is 5.82 Å². The molecule has 0 aromatic carbocycles. The lowest BCUT2D eigenvalue weighted by Crippen LogP contribution is -2.35. The van der Waals surface area contributed by atoms with Crippen molar-refractivity contribution < 1.29 is 9.32 Å². The van der Waals surface area contributed by atoms with Crippen molar-refractivity contribution in [2.45, 2.75) is 39.2 Å². The number of nitrogens with two attached hydrogens (primary N) is 1. The van der Waals surface area contributed by atoms with E-state index in [0.717, 1.165) is 12.8 Å². The summed E-state index contributed by atoms with van der Waals surface area (Å²) >= 11 is 0. The Labute approximate surface area is 88.2 Å². The van der Waals surface area contributed by atoms with Gasteiger partial charge in [0.15, 0.2) is 5.82 Å². The predicted octanol–water partition coefficient (Wildman–Crippen LogP) is 0.834. The fraction of sp³-hybridized carbons (Fsp3) is 0.667. The molecule has 0 aliphatic carbocycles. The minimum Gasteiger partial charge on any atom is -0.320 e. The van der Waals surface area contributed by atoms with E-state index in [2.05, 4.69) is 15.5 Å². The first-order chi connectivity index (χ1) is 7.13. The number of anilines is 1. The smallest absolute Gasteiger partial charge is 0.320 e. The molecule has 3 N–H and O–H groups in total. The van der Waals surface area contributed by atoms with Crippen LogP contribution in [0.5, 0.6) is 0 Å². The van der Waals surface area contributed by atoms with Crippen LogP contribution in [-0.2, 0) is 4.79 Å². The molecule has 0 aliphatic rings. The van der Waals surface area contributed by atoms with Gasteiger partial charge in [-0.25, -0.2) is 0 Å². The van der Waals surface area contributed by atoms with E-state index < -0.39 is 6.04 Å². The topological polar surface area (TPSA) is 94.0 Å². The number of aryl methyl sites for hydroxylation is 1. The molecule has 1 atom stereocenters. The molecule has 1 amide bonds. The second-order valence-electron chi connectivity index (χ2n) is 3.38. The Morgan fingerprint density at radius 3 is 2.93 bits per heavy atom. The summed E-state index contributed by atoms with van der Waals surface area (Å²) in [5.74, 6) is 0.194. The molecular weight excluding hydrogens is 196 g/mol. The second-order valence-corrected chi connectivity index (χ2v) is 3.38. The lowest BCUT2D eigenvalue weighted by molar-refractivity contribution is -0.117. The van der Waals surface area contributed by atoms with E-state index in [1.54, 1.807) is 6.92 Å².